The Balaban J connectivity index is -0.000000110. The van der Waals surface area contributed by atoms with Gasteiger partial charge < -0.3 is 38.2 Å². The van der Waals surface area contributed by atoms with E-state index in [1.807, 2.05) is 0 Å². The summed E-state index contributed by atoms with van der Waals surface area (Å²) in [5.41, 5.74) is 0. The number of alkyl halides is 1. The zero-order valence-electron chi connectivity index (χ0n) is 26.9. The Morgan fingerprint density at radius 3 is 1.21 bits per heavy atom. The molecule has 2 N–H and O–H groups in total. The Bertz CT molecular complexity index is 775. The van der Waals surface area contributed by atoms with E-state index >= 15 is 0 Å². The molecule has 1 atom stereocenters. The second kappa shape index (κ2) is 38.4. The first-order chi connectivity index (χ1) is 19.2. The van der Waals surface area contributed by atoms with E-state index in [9.17, 15) is 28.1 Å². The molecule has 0 spiro atoms. The van der Waals surface area contributed by atoms with E-state index < -0.39 is 29.2 Å². The largest absolute Gasteiger partial charge is 1.00 e. The van der Waals surface area contributed by atoms with Crippen molar-refractivity contribution in [2.24, 2.45) is 0 Å². The molecule has 0 aromatic rings. The van der Waals surface area contributed by atoms with Gasteiger partial charge in [0.15, 0.2) is 6.66 Å². The molecule has 0 aliphatic carbocycles. The molecule has 0 aromatic heterocycles. The predicted molar refractivity (Wildman–Crippen MR) is 162 cm³/mol. The average Bonchev–Trinajstić information content (AvgIpc) is 2.97. The van der Waals surface area contributed by atoms with Crippen LogP contribution >= 0.6 is 39.1 Å². The normalized spacial score (nSPS) is 10.4. The fraction of sp³-hybridized carbons (Fsp3) is 0.870. The number of carboxylic acids is 1. The molecule has 0 bridgehead atoms. The summed E-state index contributed by atoms with van der Waals surface area (Å²) in [6.07, 6.45) is 5.80. The fourth-order valence-electron chi connectivity index (χ4n) is 2.24. The van der Waals surface area contributed by atoms with Crippen LogP contribution in [0.25, 0.3) is 0 Å². The summed E-state index contributed by atoms with van der Waals surface area (Å²) in [5.74, 6) is -1.21. The van der Waals surface area contributed by atoms with Crippen LogP contribution < -0.4 is 29.6 Å². The molecule has 0 radical (unpaired) electrons. The Morgan fingerprint density at radius 2 is 0.977 bits per heavy atom. The van der Waals surface area contributed by atoms with Gasteiger partial charge in [-0.1, -0.05) is 15.9 Å². The number of esters is 2. The van der Waals surface area contributed by atoms with Crippen LogP contribution in [0.4, 0.5) is 0 Å². The molecule has 0 heterocycles. The van der Waals surface area contributed by atoms with Crippen molar-refractivity contribution in [1.82, 2.24) is 0 Å². The number of hydrogen-bond donors (Lipinski definition) is 1. The van der Waals surface area contributed by atoms with Crippen LogP contribution in [0.5, 0.6) is 0 Å². The van der Waals surface area contributed by atoms with E-state index in [4.69, 9.17) is 14.2 Å². The maximum Gasteiger partial charge on any atom is 1.00 e. The van der Waals surface area contributed by atoms with E-state index in [0.29, 0.717) is 44.7 Å². The van der Waals surface area contributed by atoms with E-state index in [0.717, 1.165) is 18.2 Å². The third-order valence-corrected chi connectivity index (χ3v) is 9.75. The van der Waals surface area contributed by atoms with Crippen LogP contribution in [-0.2, 0) is 60.2 Å². The molecular formula is C23H50BrNaO15P3+. The van der Waals surface area contributed by atoms with Crippen LogP contribution in [-0.4, -0.2) is 103 Å². The molecule has 1 unspecified atom stereocenters. The summed E-state index contributed by atoms with van der Waals surface area (Å²) in [6, 6.07) is 0. The third-order valence-electron chi connectivity index (χ3n) is 4.73. The van der Waals surface area contributed by atoms with Gasteiger partial charge in [0, 0.05) is 53.0 Å². The van der Waals surface area contributed by atoms with Crippen LogP contribution in [0.1, 0.15) is 57.8 Å². The Labute approximate surface area is 287 Å². The molecule has 0 aliphatic rings. The van der Waals surface area contributed by atoms with Crippen LogP contribution in [0, 0.1) is 0 Å². The minimum absolute atomic E-state index is 0. The standard InChI is InChI=1S/C8H17O5P.C7H15O5P.C6H11BrO2.C2H6O2P.Na.H2O/c1-11-8(9)6-4-5-7-14(10,12-2)13-3;1-11-13(10,12-2)6-4-3-5-7(8)9;1-9-6(8)4-2-3-5-7;1-4-5(2)3;;/h4-7H2,1-3H3;3-6H2,1-2H3,(H,8,9);2-5H2,1H3;1-2H3;;1H2/q;;;2*+1;/p-1. The van der Waals surface area contributed by atoms with E-state index in [1.54, 1.807) is 0 Å². The van der Waals surface area contributed by atoms with Crippen LogP contribution in [0.2, 0.25) is 0 Å². The van der Waals surface area contributed by atoms with Crippen molar-refractivity contribution in [1.29, 1.82) is 0 Å². The Kier molecular flexibility index (Phi) is 49.6. The molecule has 0 amide bonds. The predicted octanol–water partition coefficient (Wildman–Crippen LogP) is 3.10. The third kappa shape index (κ3) is 44.4. The van der Waals surface area contributed by atoms with Crippen LogP contribution in [0.3, 0.4) is 0 Å². The first-order valence-corrected chi connectivity index (χ1v) is 18.7. The van der Waals surface area contributed by atoms with E-state index in [-0.39, 0.29) is 59.6 Å². The van der Waals surface area contributed by atoms with Gasteiger partial charge in [-0.05, 0) is 43.1 Å². The number of ether oxygens (including phenoxy) is 2. The van der Waals surface area contributed by atoms with Gasteiger partial charge in [-0.2, -0.15) is 0 Å². The number of carbonyl (C=O) groups is 3. The Morgan fingerprint density at radius 1 is 0.674 bits per heavy atom. The Hall–Kier alpha value is 0.210. The van der Waals surface area contributed by atoms with Crippen molar-refractivity contribution >= 4 is 57.1 Å². The summed E-state index contributed by atoms with van der Waals surface area (Å²) < 4.78 is 64.6. The van der Waals surface area contributed by atoms with Gasteiger partial charge in [-0.15, -0.1) is 4.52 Å². The van der Waals surface area contributed by atoms with Crippen molar-refractivity contribution in [3.63, 3.8) is 0 Å². The minimum atomic E-state index is -2.93. The van der Waals surface area contributed by atoms with E-state index in [1.165, 1.54) is 56.4 Å². The monoisotopic (exact) mass is 761 g/mol. The first-order valence-electron chi connectivity index (χ1n) is 12.5. The number of halogens is 1. The summed E-state index contributed by atoms with van der Waals surface area (Å²) in [4.78, 5) is 31.3. The number of hydrogen-bond acceptors (Lipinski definition) is 14. The first kappa shape index (κ1) is 55.6. The van der Waals surface area contributed by atoms with Gasteiger partial charge in [0.05, 0.1) is 33.7 Å². The summed E-state index contributed by atoms with van der Waals surface area (Å²) in [6.45, 7) is 1.51. The van der Waals surface area contributed by atoms with Gasteiger partial charge in [-0.3, -0.25) is 23.5 Å². The van der Waals surface area contributed by atoms with Gasteiger partial charge in [-0.25, -0.2) is 0 Å². The maximum absolute atomic E-state index is 11.5. The average molecular weight is 762 g/mol. The van der Waals surface area contributed by atoms with Crippen molar-refractivity contribution in [3.05, 3.63) is 0 Å². The summed E-state index contributed by atoms with van der Waals surface area (Å²) >= 11 is 3.27. The summed E-state index contributed by atoms with van der Waals surface area (Å²) in [5, 5.41) is 9.29. The fourth-order valence-corrected chi connectivity index (χ4v) is 4.89. The van der Waals surface area contributed by atoms with Gasteiger partial charge in [0.25, 0.3) is 0 Å². The SMILES string of the molecule is COC(=O)CCCCBr.COC(=O)CCCCP(=O)(OC)OC.COP(=O)(CCCCC(=O)O)OC.CO[P+](C)=O.[Na+].[OH-]. The number of carboxylic acid groups (broad SMARTS) is 1. The van der Waals surface area contributed by atoms with Gasteiger partial charge in [0.2, 0.25) is 0 Å². The van der Waals surface area contributed by atoms with Crippen molar-refractivity contribution in [3.8, 4) is 0 Å². The molecule has 43 heavy (non-hydrogen) atoms. The maximum atomic E-state index is 11.5. The molecule has 0 saturated carbocycles. The summed E-state index contributed by atoms with van der Waals surface area (Å²) in [7, 11) is 2.33. The molecule has 15 nitrogen and oxygen atoms in total. The smallest absolute Gasteiger partial charge is 0.870 e. The van der Waals surface area contributed by atoms with Gasteiger partial charge >= 0.3 is 70.7 Å². The molecule has 0 rings (SSSR count). The second-order valence-corrected chi connectivity index (χ2v) is 14.5. The quantitative estimate of drug-likeness (QED) is 0.0658. The van der Waals surface area contributed by atoms with Crippen molar-refractivity contribution in [2.75, 3.05) is 74.1 Å². The molecule has 0 aliphatic heterocycles. The molecule has 0 saturated heterocycles. The molecule has 0 aromatic carbocycles. The molecule has 254 valence electrons. The number of unbranched alkanes of at least 4 members (excludes halogenated alkanes) is 3. The molecule has 0 fully saturated rings. The molecule has 20 heteroatoms. The number of rotatable bonds is 19. The van der Waals surface area contributed by atoms with Crippen LogP contribution in [0.15, 0.2) is 0 Å². The second-order valence-electron chi connectivity index (χ2n) is 7.63. The van der Waals surface area contributed by atoms with Crippen molar-refractivity contribution in [2.45, 2.75) is 57.8 Å². The van der Waals surface area contributed by atoms with E-state index in [2.05, 4.69) is 39.0 Å². The van der Waals surface area contributed by atoms with Crippen molar-refractivity contribution < 1.29 is 100 Å². The number of methoxy groups -OCH3 is 2. The zero-order chi connectivity index (χ0) is 32.7. The number of carbonyl (C=O) groups excluding carboxylic acids is 2. The zero-order valence-corrected chi connectivity index (χ0v) is 33.2. The van der Waals surface area contributed by atoms with Gasteiger partial charge in [0.1, 0.15) is 0 Å². The molecular weight excluding hydrogens is 712 g/mol. The number of aliphatic carboxylic acids is 1. The topological polar surface area (TPSA) is 217 Å². The minimum Gasteiger partial charge on any atom is -0.870 e.